The minimum absolute atomic E-state index is 0.0110. The second-order valence-electron chi connectivity index (χ2n) is 6.68. The number of urea groups is 1. The van der Waals surface area contributed by atoms with Gasteiger partial charge in [-0.2, -0.15) is 0 Å². The molecule has 0 aliphatic carbocycles. The van der Waals surface area contributed by atoms with Gasteiger partial charge < -0.3 is 14.8 Å². The highest BCUT2D eigenvalue weighted by atomic mass is 16.2. The standard InChI is InChI=1S/C19H25N3O/c1-13(2)18-17-10-9-15(4)21(17)11-12-22(18)19(23)20-16-8-6-5-7-14(16)3/h5-10,13,18H,11-12H2,1-4H3,(H,20,23)/t18-/m0/s1. The Morgan fingerprint density at radius 3 is 2.57 bits per heavy atom. The summed E-state index contributed by atoms with van der Waals surface area (Å²) in [7, 11) is 0. The molecule has 1 aliphatic heterocycles. The smallest absolute Gasteiger partial charge is 0.322 e. The molecular formula is C19H25N3O. The molecule has 2 aromatic rings. The maximum Gasteiger partial charge on any atom is 0.322 e. The number of hydrogen-bond donors (Lipinski definition) is 1. The third-order valence-electron chi connectivity index (χ3n) is 4.72. The molecule has 1 aromatic carbocycles. The summed E-state index contributed by atoms with van der Waals surface area (Å²) in [4.78, 5) is 14.8. The van der Waals surface area contributed by atoms with Crippen molar-refractivity contribution in [1.29, 1.82) is 0 Å². The number of aromatic nitrogens is 1. The predicted octanol–water partition coefficient (Wildman–Crippen LogP) is 4.35. The molecule has 0 bridgehead atoms. The zero-order chi connectivity index (χ0) is 16.6. The van der Waals surface area contributed by atoms with Crippen LogP contribution in [0.15, 0.2) is 36.4 Å². The predicted molar refractivity (Wildman–Crippen MR) is 93.7 cm³/mol. The molecule has 1 N–H and O–H groups in total. The van der Waals surface area contributed by atoms with Gasteiger partial charge >= 0.3 is 6.03 Å². The number of carbonyl (C=O) groups excluding carboxylic acids is 1. The van der Waals surface area contributed by atoms with Crippen LogP contribution >= 0.6 is 0 Å². The van der Waals surface area contributed by atoms with E-state index in [0.717, 1.165) is 24.3 Å². The van der Waals surface area contributed by atoms with Gasteiger partial charge in [-0.3, -0.25) is 0 Å². The van der Waals surface area contributed by atoms with Crippen LogP contribution in [0.3, 0.4) is 0 Å². The van der Waals surface area contributed by atoms with Crippen molar-refractivity contribution < 1.29 is 4.79 Å². The summed E-state index contributed by atoms with van der Waals surface area (Å²) in [6.07, 6.45) is 0. The topological polar surface area (TPSA) is 37.3 Å². The number of amides is 2. The number of benzene rings is 1. The molecule has 122 valence electrons. The van der Waals surface area contributed by atoms with Crippen LogP contribution in [0.1, 0.15) is 36.8 Å². The summed E-state index contributed by atoms with van der Waals surface area (Å²) in [6, 6.07) is 12.3. The number of aryl methyl sites for hydroxylation is 2. The average molecular weight is 311 g/mol. The first-order valence-electron chi connectivity index (χ1n) is 8.28. The third kappa shape index (κ3) is 2.85. The van der Waals surface area contributed by atoms with Crippen LogP contribution in [0.5, 0.6) is 0 Å². The molecule has 0 saturated carbocycles. The molecule has 0 radical (unpaired) electrons. The maximum absolute atomic E-state index is 12.9. The van der Waals surface area contributed by atoms with E-state index in [1.165, 1.54) is 11.4 Å². The van der Waals surface area contributed by atoms with E-state index in [1.54, 1.807) is 0 Å². The van der Waals surface area contributed by atoms with Gasteiger partial charge in [0.2, 0.25) is 0 Å². The number of nitrogens with one attached hydrogen (secondary N) is 1. The van der Waals surface area contributed by atoms with E-state index in [0.29, 0.717) is 5.92 Å². The Balaban J connectivity index is 1.87. The Morgan fingerprint density at radius 1 is 1.13 bits per heavy atom. The number of carbonyl (C=O) groups is 1. The van der Waals surface area contributed by atoms with E-state index in [-0.39, 0.29) is 12.1 Å². The fourth-order valence-electron chi connectivity index (χ4n) is 3.49. The van der Waals surface area contributed by atoms with Crippen LogP contribution in [0.2, 0.25) is 0 Å². The van der Waals surface area contributed by atoms with E-state index in [4.69, 9.17) is 0 Å². The van der Waals surface area contributed by atoms with Gasteiger partial charge in [-0.05, 0) is 43.5 Å². The van der Waals surface area contributed by atoms with Crippen molar-refractivity contribution in [2.75, 3.05) is 11.9 Å². The normalized spacial score (nSPS) is 17.3. The number of hydrogen-bond acceptors (Lipinski definition) is 1. The minimum Gasteiger partial charge on any atom is -0.345 e. The van der Waals surface area contributed by atoms with Crippen molar-refractivity contribution in [2.24, 2.45) is 5.92 Å². The summed E-state index contributed by atoms with van der Waals surface area (Å²) in [5.41, 5.74) is 4.48. The first kappa shape index (κ1) is 15.7. The zero-order valence-electron chi connectivity index (χ0n) is 14.3. The highest BCUT2D eigenvalue weighted by molar-refractivity contribution is 5.90. The lowest BCUT2D eigenvalue weighted by Crippen LogP contribution is -2.46. The molecule has 23 heavy (non-hydrogen) atoms. The summed E-state index contributed by atoms with van der Waals surface area (Å²) in [5, 5.41) is 3.08. The van der Waals surface area contributed by atoms with Crippen molar-refractivity contribution in [2.45, 2.75) is 40.3 Å². The van der Waals surface area contributed by atoms with Crippen molar-refractivity contribution in [3.05, 3.63) is 53.3 Å². The lowest BCUT2D eigenvalue weighted by Gasteiger charge is -2.39. The van der Waals surface area contributed by atoms with Crippen LogP contribution in [0.25, 0.3) is 0 Å². The Kier molecular flexibility index (Phi) is 4.16. The van der Waals surface area contributed by atoms with Crippen LogP contribution in [-0.2, 0) is 6.54 Å². The number of nitrogens with zero attached hydrogens (tertiary/aromatic N) is 2. The quantitative estimate of drug-likeness (QED) is 0.879. The molecule has 0 fully saturated rings. The van der Waals surface area contributed by atoms with Gasteiger partial charge in [-0.1, -0.05) is 32.0 Å². The number of fused-ring (bicyclic) bond motifs is 1. The summed E-state index contributed by atoms with van der Waals surface area (Å²) in [6.45, 7) is 10.1. The number of rotatable bonds is 2. The molecule has 3 rings (SSSR count). The van der Waals surface area contributed by atoms with Gasteiger partial charge in [-0.25, -0.2) is 4.79 Å². The third-order valence-corrected chi connectivity index (χ3v) is 4.72. The van der Waals surface area contributed by atoms with Gasteiger partial charge in [0.25, 0.3) is 0 Å². The minimum atomic E-state index is -0.0110. The lowest BCUT2D eigenvalue weighted by atomic mass is 9.97. The summed E-state index contributed by atoms with van der Waals surface area (Å²) >= 11 is 0. The molecule has 4 nitrogen and oxygen atoms in total. The summed E-state index contributed by atoms with van der Waals surface area (Å²) < 4.78 is 2.34. The van der Waals surface area contributed by atoms with Gasteiger partial charge in [0.05, 0.1) is 6.04 Å². The highest BCUT2D eigenvalue weighted by Crippen LogP contribution is 2.34. The second kappa shape index (κ2) is 6.11. The zero-order valence-corrected chi connectivity index (χ0v) is 14.3. The van der Waals surface area contributed by atoms with E-state index in [1.807, 2.05) is 36.1 Å². The Labute approximate surface area is 138 Å². The largest absolute Gasteiger partial charge is 0.345 e. The molecule has 1 atom stereocenters. The van der Waals surface area contributed by atoms with Crippen LogP contribution in [-0.4, -0.2) is 22.0 Å². The van der Waals surface area contributed by atoms with Gasteiger partial charge in [0.1, 0.15) is 0 Å². The molecule has 1 aromatic heterocycles. The molecule has 4 heteroatoms. The Morgan fingerprint density at radius 2 is 1.87 bits per heavy atom. The molecule has 0 unspecified atom stereocenters. The van der Waals surface area contributed by atoms with Crippen LogP contribution < -0.4 is 5.32 Å². The lowest BCUT2D eigenvalue weighted by molar-refractivity contribution is 0.143. The first-order valence-corrected chi connectivity index (χ1v) is 8.28. The van der Waals surface area contributed by atoms with Gasteiger partial charge in [0.15, 0.2) is 0 Å². The molecular weight excluding hydrogens is 286 g/mol. The maximum atomic E-state index is 12.9. The molecule has 0 saturated heterocycles. The summed E-state index contributed by atoms with van der Waals surface area (Å²) in [5.74, 6) is 0.367. The molecule has 0 spiro atoms. The highest BCUT2D eigenvalue weighted by Gasteiger charge is 2.33. The van der Waals surface area contributed by atoms with Crippen LogP contribution in [0.4, 0.5) is 10.5 Å². The molecule has 2 amide bonds. The van der Waals surface area contributed by atoms with Crippen molar-refractivity contribution in [1.82, 2.24) is 9.47 Å². The fraction of sp³-hybridized carbons (Fsp3) is 0.421. The molecule has 1 aliphatic rings. The van der Waals surface area contributed by atoms with E-state index in [2.05, 4.69) is 42.8 Å². The Bertz CT molecular complexity index is 717. The average Bonchev–Trinajstić information content (AvgIpc) is 2.90. The van der Waals surface area contributed by atoms with E-state index < -0.39 is 0 Å². The number of anilines is 1. The first-order chi connectivity index (χ1) is 11.0. The van der Waals surface area contributed by atoms with E-state index >= 15 is 0 Å². The van der Waals surface area contributed by atoms with Crippen LogP contribution in [0, 0.1) is 19.8 Å². The number of para-hydroxylation sites is 1. The molecule has 2 heterocycles. The SMILES string of the molecule is Cc1ccccc1NC(=O)N1CCn2c(C)ccc2[C@@H]1C(C)C. The van der Waals surface area contributed by atoms with Crippen molar-refractivity contribution >= 4 is 11.7 Å². The fourth-order valence-corrected chi connectivity index (χ4v) is 3.49. The van der Waals surface area contributed by atoms with Gasteiger partial charge in [0, 0.05) is 30.2 Å². The second-order valence-corrected chi connectivity index (χ2v) is 6.68. The monoisotopic (exact) mass is 311 g/mol. The Hall–Kier alpha value is -2.23. The van der Waals surface area contributed by atoms with Crippen molar-refractivity contribution in [3.8, 4) is 0 Å². The van der Waals surface area contributed by atoms with Gasteiger partial charge in [-0.15, -0.1) is 0 Å². The van der Waals surface area contributed by atoms with E-state index in [9.17, 15) is 4.79 Å². The van der Waals surface area contributed by atoms with Crippen molar-refractivity contribution in [3.63, 3.8) is 0 Å².